The number of aliphatic carboxylic acids is 1. The third-order valence-corrected chi connectivity index (χ3v) is 5.50. The van der Waals surface area contributed by atoms with Gasteiger partial charge in [0.1, 0.15) is 11.6 Å². The van der Waals surface area contributed by atoms with Gasteiger partial charge in [0.05, 0.1) is 36.3 Å². The quantitative estimate of drug-likeness (QED) is 0.350. The van der Waals surface area contributed by atoms with E-state index in [9.17, 15) is 9.90 Å². The Morgan fingerprint density at radius 3 is 2.70 bits per heavy atom. The molecule has 0 radical (unpaired) electrons. The zero-order chi connectivity index (χ0) is 24.0. The van der Waals surface area contributed by atoms with E-state index in [1.54, 1.807) is 6.92 Å². The predicted octanol–water partition coefficient (Wildman–Crippen LogP) is 3.71. The van der Waals surface area contributed by atoms with Gasteiger partial charge < -0.3 is 19.8 Å². The summed E-state index contributed by atoms with van der Waals surface area (Å²) in [5.41, 5.74) is -1.71. The molecule has 2 aromatic carbocycles. The second kappa shape index (κ2) is 7.83. The van der Waals surface area contributed by atoms with Crippen molar-refractivity contribution in [1.29, 1.82) is 5.26 Å². The summed E-state index contributed by atoms with van der Waals surface area (Å²) in [5, 5.41) is 20.8. The number of nitrogens with one attached hydrogen (secondary N) is 3. The van der Waals surface area contributed by atoms with E-state index in [0.717, 1.165) is 0 Å². The number of methoxy groups -OCH3 is 1. The minimum atomic E-state index is -5.05. The molecule has 0 saturated heterocycles. The molecule has 8 nitrogen and oxygen atoms in total. The first-order valence-corrected chi connectivity index (χ1v) is 9.71. The first-order valence-electron chi connectivity index (χ1n) is 9.71. The molecule has 0 aliphatic heterocycles. The predicted molar refractivity (Wildman–Crippen MR) is 113 cm³/mol. The lowest BCUT2D eigenvalue weighted by molar-refractivity contribution is -0.190. The number of hydrogen-bond acceptors (Lipinski definition) is 5. The zero-order valence-corrected chi connectivity index (χ0v) is 17.5. The number of rotatable bonds is 6. The summed E-state index contributed by atoms with van der Waals surface area (Å²) in [5.74, 6) is -2.15. The molecule has 0 spiro atoms. The number of aromatic nitrogens is 3. The molecule has 1 unspecified atom stereocenters. The van der Waals surface area contributed by atoms with Crippen molar-refractivity contribution in [2.75, 3.05) is 13.7 Å². The van der Waals surface area contributed by atoms with E-state index in [4.69, 9.17) is 10.00 Å². The number of aromatic amines is 2. The second-order valence-corrected chi connectivity index (χ2v) is 7.46. The third kappa shape index (κ3) is 3.44. The van der Waals surface area contributed by atoms with Crippen LogP contribution in [0.4, 0.5) is 13.2 Å². The number of carboxylic acid groups (broad SMARTS) is 1. The standard InChI is InChI=1S/C22H18F3N5O3/c1-11-7-16(33-2)18(13-5-6-27-19(11)13)21(22(23,24)25,28-10-17(31)32)20-29-14-4-3-12(9-26)8-15(14)30-20/h3-8,27-28H,10H2,1-2H3,(H,29,30)(H,31,32). The summed E-state index contributed by atoms with van der Waals surface area (Å²) in [6.45, 7) is 0.707. The van der Waals surface area contributed by atoms with E-state index in [-0.39, 0.29) is 33.3 Å². The number of benzene rings is 2. The SMILES string of the molecule is COc1cc(C)c2[nH]ccc2c1C(NCC(=O)O)(c1nc2cc(C#N)ccc2[nH]1)C(F)(F)F. The molecule has 2 heterocycles. The van der Waals surface area contributed by atoms with E-state index < -0.39 is 30.1 Å². The van der Waals surface area contributed by atoms with Gasteiger partial charge in [0.15, 0.2) is 0 Å². The Hall–Kier alpha value is -4.04. The lowest BCUT2D eigenvalue weighted by atomic mass is 9.84. The molecule has 4 rings (SSSR count). The summed E-state index contributed by atoms with van der Waals surface area (Å²) < 4.78 is 50.6. The van der Waals surface area contributed by atoms with Crippen molar-refractivity contribution in [3.8, 4) is 11.8 Å². The Morgan fingerprint density at radius 1 is 1.30 bits per heavy atom. The molecule has 2 aromatic heterocycles. The number of hydrogen-bond donors (Lipinski definition) is 4. The van der Waals surface area contributed by atoms with E-state index in [1.807, 2.05) is 6.07 Å². The molecule has 0 aliphatic carbocycles. The first kappa shape index (κ1) is 22.2. The van der Waals surface area contributed by atoms with Gasteiger partial charge in [-0.15, -0.1) is 0 Å². The van der Waals surface area contributed by atoms with Gasteiger partial charge in [-0.2, -0.15) is 18.4 Å². The Balaban J connectivity index is 2.14. The van der Waals surface area contributed by atoms with Crippen molar-refractivity contribution in [2.24, 2.45) is 0 Å². The van der Waals surface area contributed by atoms with Crippen LogP contribution >= 0.6 is 0 Å². The average molecular weight is 457 g/mol. The summed E-state index contributed by atoms with van der Waals surface area (Å²) >= 11 is 0. The second-order valence-electron chi connectivity index (χ2n) is 7.46. The van der Waals surface area contributed by atoms with Crippen LogP contribution in [0.15, 0.2) is 36.5 Å². The molecular formula is C22H18F3N5O3. The third-order valence-electron chi connectivity index (χ3n) is 5.50. The number of H-pyrrole nitrogens is 2. The number of alkyl halides is 3. The van der Waals surface area contributed by atoms with Gasteiger partial charge in [-0.25, -0.2) is 4.98 Å². The van der Waals surface area contributed by atoms with Crippen molar-refractivity contribution in [1.82, 2.24) is 20.3 Å². The van der Waals surface area contributed by atoms with Crippen molar-refractivity contribution in [2.45, 2.75) is 18.6 Å². The van der Waals surface area contributed by atoms with E-state index >= 15 is 13.2 Å². The average Bonchev–Trinajstić information content (AvgIpc) is 3.41. The normalized spacial score (nSPS) is 13.7. The number of ether oxygens (including phenoxy) is 1. The van der Waals surface area contributed by atoms with E-state index in [2.05, 4.69) is 20.3 Å². The van der Waals surface area contributed by atoms with Crippen molar-refractivity contribution in [3.05, 3.63) is 59.0 Å². The Labute approximate surface area is 185 Å². The highest BCUT2D eigenvalue weighted by Crippen LogP contribution is 2.49. The van der Waals surface area contributed by atoms with Crippen LogP contribution in [0, 0.1) is 18.3 Å². The topological polar surface area (TPSA) is 127 Å². The van der Waals surface area contributed by atoms with Crippen LogP contribution in [0.25, 0.3) is 21.9 Å². The lowest BCUT2D eigenvalue weighted by Crippen LogP contribution is -2.57. The minimum absolute atomic E-state index is 0.0898. The fraction of sp³-hybridized carbons (Fsp3) is 0.227. The van der Waals surface area contributed by atoms with Gasteiger partial charge in [-0.3, -0.25) is 10.1 Å². The molecule has 170 valence electrons. The van der Waals surface area contributed by atoms with Crippen LogP contribution in [0.5, 0.6) is 5.75 Å². The number of carbonyl (C=O) groups is 1. The monoisotopic (exact) mass is 457 g/mol. The van der Waals surface area contributed by atoms with Gasteiger partial charge in [0, 0.05) is 22.7 Å². The Morgan fingerprint density at radius 2 is 2.06 bits per heavy atom. The number of fused-ring (bicyclic) bond motifs is 2. The molecular weight excluding hydrogens is 439 g/mol. The van der Waals surface area contributed by atoms with E-state index in [0.29, 0.717) is 11.1 Å². The van der Waals surface area contributed by atoms with E-state index in [1.165, 1.54) is 43.6 Å². The summed E-state index contributed by atoms with van der Waals surface area (Å²) in [4.78, 5) is 21.1. The number of imidazole rings is 1. The molecule has 11 heteroatoms. The highest BCUT2D eigenvalue weighted by molar-refractivity contribution is 5.90. The number of aryl methyl sites for hydroxylation is 1. The fourth-order valence-electron chi connectivity index (χ4n) is 4.05. The maximum atomic E-state index is 15.1. The Bertz CT molecular complexity index is 1420. The zero-order valence-electron chi connectivity index (χ0n) is 17.5. The van der Waals surface area contributed by atoms with Crippen LogP contribution in [0.1, 0.15) is 22.5 Å². The molecule has 0 aliphatic rings. The van der Waals surface area contributed by atoms with Crippen LogP contribution in [0.2, 0.25) is 0 Å². The fourth-order valence-corrected chi connectivity index (χ4v) is 4.05. The molecule has 0 saturated carbocycles. The molecule has 0 bridgehead atoms. The molecule has 4 N–H and O–H groups in total. The summed E-state index contributed by atoms with van der Waals surface area (Å²) in [7, 11) is 1.24. The van der Waals surface area contributed by atoms with Gasteiger partial charge >= 0.3 is 12.1 Å². The maximum absolute atomic E-state index is 15.1. The molecule has 0 fully saturated rings. The van der Waals surface area contributed by atoms with Gasteiger partial charge in [-0.05, 0) is 42.8 Å². The number of halogens is 3. The Kier molecular flexibility index (Phi) is 5.26. The maximum Gasteiger partial charge on any atom is 0.418 e. The minimum Gasteiger partial charge on any atom is -0.496 e. The molecule has 0 amide bonds. The van der Waals surface area contributed by atoms with Crippen molar-refractivity contribution in [3.63, 3.8) is 0 Å². The molecule has 33 heavy (non-hydrogen) atoms. The highest BCUT2D eigenvalue weighted by Gasteiger charge is 2.61. The van der Waals surface area contributed by atoms with Gasteiger partial charge in [0.2, 0.25) is 5.54 Å². The largest absolute Gasteiger partial charge is 0.496 e. The van der Waals surface area contributed by atoms with Crippen LogP contribution in [-0.2, 0) is 10.3 Å². The number of carboxylic acids is 1. The molecule has 4 aromatic rings. The van der Waals surface area contributed by atoms with Gasteiger partial charge in [0.25, 0.3) is 0 Å². The number of nitrogens with zero attached hydrogens (tertiary/aromatic N) is 2. The van der Waals surface area contributed by atoms with Crippen LogP contribution in [0.3, 0.4) is 0 Å². The molecule has 1 atom stereocenters. The number of nitriles is 1. The van der Waals surface area contributed by atoms with Crippen LogP contribution in [-0.4, -0.2) is 45.9 Å². The van der Waals surface area contributed by atoms with Crippen molar-refractivity contribution < 1.29 is 27.8 Å². The van der Waals surface area contributed by atoms with Crippen molar-refractivity contribution >= 4 is 27.9 Å². The summed E-state index contributed by atoms with van der Waals surface area (Å²) in [6, 6.07) is 9.09. The van der Waals surface area contributed by atoms with Crippen LogP contribution < -0.4 is 10.1 Å². The lowest BCUT2D eigenvalue weighted by Gasteiger charge is -2.36. The highest BCUT2D eigenvalue weighted by atomic mass is 19.4. The smallest absolute Gasteiger partial charge is 0.418 e. The van der Waals surface area contributed by atoms with Gasteiger partial charge in [-0.1, -0.05) is 0 Å². The first-order chi connectivity index (χ1) is 15.6. The summed E-state index contributed by atoms with van der Waals surface area (Å²) in [6.07, 6.45) is -3.56.